The summed E-state index contributed by atoms with van der Waals surface area (Å²) < 4.78 is 6.21. The summed E-state index contributed by atoms with van der Waals surface area (Å²) >= 11 is 4.70. The van der Waals surface area contributed by atoms with Gasteiger partial charge in [-0.2, -0.15) is 0 Å². The van der Waals surface area contributed by atoms with Crippen LogP contribution in [0.2, 0.25) is 0 Å². The van der Waals surface area contributed by atoms with Crippen molar-refractivity contribution in [3.63, 3.8) is 0 Å². The lowest BCUT2D eigenvalue weighted by atomic mass is 10.0. The van der Waals surface area contributed by atoms with Crippen LogP contribution in [0.25, 0.3) is 0 Å². The lowest BCUT2D eigenvalue weighted by Crippen LogP contribution is -2.25. The Kier molecular flexibility index (Phi) is 5.92. The van der Waals surface area contributed by atoms with Crippen molar-refractivity contribution in [1.29, 1.82) is 10.8 Å². The zero-order valence-corrected chi connectivity index (χ0v) is 16.4. The van der Waals surface area contributed by atoms with Gasteiger partial charge in [0.1, 0.15) is 12.1 Å². The molecule has 1 amide bonds. The maximum absolute atomic E-state index is 11.6. The Morgan fingerprint density at radius 3 is 2.89 bits per heavy atom. The van der Waals surface area contributed by atoms with Crippen molar-refractivity contribution >= 4 is 56.5 Å². The van der Waals surface area contributed by atoms with Crippen molar-refractivity contribution in [3.8, 4) is 5.75 Å². The number of amidine groups is 1. The number of halogens is 1. The molecular weight excluding hydrogens is 430 g/mol. The highest BCUT2D eigenvalue weighted by Crippen LogP contribution is 2.38. The van der Waals surface area contributed by atoms with E-state index in [4.69, 9.17) is 21.3 Å². The molecule has 2 aromatic rings. The average molecular weight is 446 g/mol. The number of aliphatic imine (C=N–C) groups is 1. The van der Waals surface area contributed by atoms with E-state index in [0.717, 1.165) is 16.4 Å². The van der Waals surface area contributed by atoms with Crippen molar-refractivity contribution in [2.75, 3.05) is 11.9 Å². The van der Waals surface area contributed by atoms with E-state index >= 15 is 0 Å². The standard InChI is InChI=1S/C18H16BrN5O2S/c19-12-4-2-1-3-11(12)17(27-18(22)23-9-20)16(21)10-5-6-14-13(7-10)24-15(25)8-26-14/h1-7,9,17,21H,8H2,(H,24,25)(H3,20,22,23). The number of carbonyl (C=O) groups is 1. The molecule has 9 heteroatoms. The fourth-order valence-electron chi connectivity index (χ4n) is 2.58. The number of benzene rings is 2. The van der Waals surface area contributed by atoms with Gasteiger partial charge in [-0.3, -0.25) is 10.2 Å². The number of nitrogens with zero attached hydrogens (tertiary/aromatic N) is 1. The smallest absolute Gasteiger partial charge is 0.262 e. The lowest BCUT2D eigenvalue weighted by molar-refractivity contribution is -0.118. The Bertz CT molecular complexity index is 947. The molecule has 0 saturated heterocycles. The summed E-state index contributed by atoms with van der Waals surface area (Å²) in [4.78, 5) is 15.4. The van der Waals surface area contributed by atoms with Crippen LogP contribution in [0.1, 0.15) is 16.4 Å². The summed E-state index contributed by atoms with van der Waals surface area (Å²) in [5.74, 6) is 0.339. The number of nitrogens with one attached hydrogen (secondary N) is 3. The number of hydrogen-bond acceptors (Lipinski definition) is 5. The maximum Gasteiger partial charge on any atom is 0.262 e. The predicted octanol–water partition coefficient (Wildman–Crippen LogP) is 3.54. The van der Waals surface area contributed by atoms with Crippen LogP contribution in [0.4, 0.5) is 5.69 Å². The third-order valence-corrected chi connectivity index (χ3v) is 5.60. The van der Waals surface area contributed by atoms with E-state index in [9.17, 15) is 4.79 Å². The Morgan fingerprint density at radius 1 is 1.37 bits per heavy atom. The van der Waals surface area contributed by atoms with E-state index in [2.05, 4.69) is 26.2 Å². The van der Waals surface area contributed by atoms with Gasteiger partial charge in [-0.25, -0.2) is 4.99 Å². The summed E-state index contributed by atoms with van der Waals surface area (Å²) in [6.07, 6.45) is 0.870. The maximum atomic E-state index is 11.6. The van der Waals surface area contributed by atoms with Crippen molar-refractivity contribution < 1.29 is 9.53 Å². The molecule has 27 heavy (non-hydrogen) atoms. The molecule has 0 radical (unpaired) electrons. The number of thioether (sulfide) groups is 1. The monoisotopic (exact) mass is 445 g/mol. The number of nitrogens with two attached hydrogens (primary N) is 1. The van der Waals surface area contributed by atoms with Crippen molar-refractivity contribution in [1.82, 2.24) is 0 Å². The van der Waals surface area contributed by atoms with Crippen LogP contribution in [0, 0.1) is 10.8 Å². The van der Waals surface area contributed by atoms with Crippen LogP contribution >= 0.6 is 27.7 Å². The van der Waals surface area contributed by atoms with E-state index < -0.39 is 5.25 Å². The molecule has 7 nitrogen and oxygen atoms in total. The molecule has 0 aliphatic carbocycles. The number of carbonyl (C=O) groups excluding carboxylic acids is 1. The van der Waals surface area contributed by atoms with Crippen LogP contribution in [0.15, 0.2) is 51.9 Å². The molecule has 1 unspecified atom stereocenters. The van der Waals surface area contributed by atoms with Crippen LogP contribution in [0.5, 0.6) is 5.75 Å². The van der Waals surface area contributed by atoms with E-state index in [1.165, 1.54) is 11.8 Å². The first-order valence-electron chi connectivity index (χ1n) is 7.88. The third-order valence-electron chi connectivity index (χ3n) is 3.80. The minimum atomic E-state index is -0.456. The SMILES string of the molecule is N=CN=C(N)SC(C(=N)c1ccc2c(c1)NC(=O)CO2)c1ccccc1Br. The molecule has 0 spiro atoms. The average Bonchev–Trinajstić information content (AvgIpc) is 2.66. The Balaban J connectivity index is 1.99. The normalized spacial score (nSPS) is 14.6. The van der Waals surface area contributed by atoms with Gasteiger partial charge in [0.2, 0.25) is 0 Å². The van der Waals surface area contributed by atoms with E-state index in [1.807, 2.05) is 24.3 Å². The topological polar surface area (TPSA) is 124 Å². The van der Waals surface area contributed by atoms with Crippen LogP contribution in [0.3, 0.4) is 0 Å². The molecule has 1 aliphatic rings. The zero-order chi connectivity index (χ0) is 19.4. The molecule has 0 fully saturated rings. The molecule has 0 saturated carbocycles. The summed E-state index contributed by atoms with van der Waals surface area (Å²) in [7, 11) is 0. The van der Waals surface area contributed by atoms with Gasteiger partial charge >= 0.3 is 0 Å². The first-order valence-corrected chi connectivity index (χ1v) is 9.55. The molecule has 0 aromatic heterocycles. The Labute approximate surface area is 168 Å². The summed E-state index contributed by atoms with van der Waals surface area (Å²) in [5.41, 5.74) is 8.19. The van der Waals surface area contributed by atoms with Gasteiger partial charge in [0.15, 0.2) is 11.8 Å². The first kappa shape index (κ1) is 19.1. The number of rotatable bonds is 5. The number of hydrogen-bond donors (Lipinski definition) is 4. The van der Waals surface area contributed by atoms with Gasteiger partial charge in [0.25, 0.3) is 5.91 Å². The molecule has 0 bridgehead atoms. The number of anilines is 1. The Hall–Kier alpha value is -2.65. The quantitative estimate of drug-likeness (QED) is 0.414. The number of amides is 1. The lowest BCUT2D eigenvalue weighted by Gasteiger charge is -2.22. The third kappa shape index (κ3) is 4.37. The molecule has 5 N–H and O–H groups in total. The molecule has 1 atom stereocenters. The Morgan fingerprint density at radius 2 is 2.15 bits per heavy atom. The van der Waals surface area contributed by atoms with Gasteiger partial charge in [-0.05, 0) is 35.4 Å². The summed E-state index contributed by atoms with van der Waals surface area (Å²) in [5, 5.41) is 18.3. The zero-order valence-electron chi connectivity index (χ0n) is 14.0. The molecule has 2 aromatic carbocycles. The minimum Gasteiger partial charge on any atom is -0.482 e. The number of fused-ring (bicyclic) bond motifs is 1. The molecule has 1 heterocycles. The molecule has 138 valence electrons. The van der Waals surface area contributed by atoms with Gasteiger partial charge in [-0.1, -0.05) is 45.9 Å². The highest BCUT2D eigenvalue weighted by atomic mass is 79.9. The second kappa shape index (κ2) is 8.36. The van der Waals surface area contributed by atoms with Crippen LogP contribution in [-0.4, -0.2) is 29.7 Å². The highest BCUT2D eigenvalue weighted by Gasteiger charge is 2.25. The largest absolute Gasteiger partial charge is 0.482 e. The second-order valence-corrected chi connectivity index (χ2v) is 7.56. The first-order chi connectivity index (χ1) is 13.0. The summed E-state index contributed by atoms with van der Waals surface area (Å²) in [6, 6.07) is 12.8. The van der Waals surface area contributed by atoms with Crippen LogP contribution in [-0.2, 0) is 4.79 Å². The van der Waals surface area contributed by atoms with E-state index in [0.29, 0.717) is 17.0 Å². The molecule has 1 aliphatic heterocycles. The van der Waals surface area contributed by atoms with Crippen molar-refractivity contribution in [2.45, 2.75) is 5.25 Å². The fourth-order valence-corrected chi connectivity index (χ4v) is 4.19. The minimum absolute atomic E-state index is 0.0180. The van der Waals surface area contributed by atoms with Gasteiger partial charge in [-0.15, -0.1) is 0 Å². The second-order valence-electron chi connectivity index (χ2n) is 5.58. The van der Waals surface area contributed by atoms with Crippen molar-refractivity contribution in [3.05, 3.63) is 58.1 Å². The van der Waals surface area contributed by atoms with Gasteiger partial charge in [0.05, 0.1) is 16.6 Å². The fraction of sp³-hybridized carbons (Fsp3) is 0.111. The summed E-state index contributed by atoms with van der Waals surface area (Å²) in [6.45, 7) is -0.0180. The highest BCUT2D eigenvalue weighted by molar-refractivity contribution is 9.10. The molecular formula is C18H16BrN5O2S. The number of ether oxygens (including phenoxy) is 1. The van der Waals surface area contributed by atoms with Crippen LogP contribution < -0.4 is 15.8 Å². The van der Waals surface area contributed by atoms with Gasteiger partial charge < -0.3 is 21.2 Å². The predicted molar refractivity (Wildman–Crippen MR) is 112 cm³/mol. The van der Waals surface area contributed by atoms with E-state index in [-0.39, 0.29) is 23.4 Å². The van der Waals surface area contributed by atoms with E-state index in [1.54, 1.807) is 18.2 Å². The molecule has 3 rings (SSSR count). The van der Waals surface area contributed by atoms with Gasteiger partial charge in [0, 0.05) is 4.47 Å². The van der Waals surface area contributed by atoms with Crippen molar-refractivity contribution in [2.24, 2.45) is 10.7 Å².